The molecule has 0 aliphatic heterocycles. The molecule has 3 nitrogen and oxygen atoms in total. The zero-order valence-corrected chi connectivity index (χ0v) is 11.7. The van der Waals surface area contributed by atoms with Gasteiger partial charge in [-0.05, 0) is 25.0 Å². The molecule has 1 aromatic heterocycles. The summed E-state index contributed by atoms with van der Waals surface area (Å²) in [6.07, 6.45) is 1.61. The first-order chi connectivity index (χ1) is 9.35. The minimum atomic E-state index is -2.95. The third-order valence-corrected chi connectivity index (χ3v) is 4.70. The van der Waals surface area contributed by atoms with Crippen molar-refractivity contribution in [3.05, 3.63) is 28.9 Å². The van der Waals surface area contributed by atoms with E-state index in [4.69, 9.17) is 11.6 Å². The van der Waals surface area contributed by atoms with Gasteiger partial charge in [-0.1, -0.05) is 18.0 Å². The molecule has 1 fully saturated rings. The van der Waals surface area contributed by atoms with Gasteiger partial charge in [0, 0.05) is 22.9 Å². The summed E-state index contributed by atoms with van der Waals surface area (Å²) in [7, 11) is 0. The van der Waals surface area contributed by atoms with Crippen molar-refractivity contribution in [1.82, 2.24) is 10.2 Å². The van der Waals surface area contributed by atoms with Crippen molar-refractivity contribution in [2.45, 2.75) is 38.2 Å². The van der Waals surface area contributed by atoms with Crippen LogP contribution in [0.1, 0.15) is 37.9 Å². The quantitative estimate of drug-likeness (QED) is 0.897. The fourth-order valence-electron chi connectivity index (χ4n) is 3.07. The third kappa shape index (κ3) is 1.84. The van der Waals surface area contributed by atoms with Crippen molar-refractivity contribution in [3.63, 3.8) is 0 Å². The second kappa shape index (κ2) is 4.40. The lowest BCUT2D eigenvalue weighted by Crippen LogP contribution is -2.49. The summed E-state index contributed by atoms with van der Waals surface area (Å²) < 4.78 is 27.9. The number of rotatable bonds is 3. The van der Waals surface area contributed by atoms with Gasteiger partial charge >= 0.3 is 0 Å². The second-order valence-electron chi connectivity index (χ2n) is 5.63. The second-order valence-corrected chi connectivity index (χ2v) is 6.07. The van der Waals surface area contributed by atoms with Gasteiger partial charge in [0.15, 0.2) is 0 Å². The SMILES string of the molecule is CC(F)(F)C1(C(O)c2cc(Cl)cc3cn[nH]c23)CCC1. The van der Waals surface area contributed by atoms with E-state index >= 15 is 0 Å². The Morgan fingerprint density at radius 1 is 1.45 bits per heavy atom. The van der Waals surface area contributed by atoms with E-state index in [0.29, 0.717) is 40.8 Å². The predicted octanol–water partition coefficient (Wildman–Crippen LogP) is 4.08. The number of benzene rings is 1. The molecule has 0 bridgehead atoms. The summed E-state index contributed by atoms with van der Waals surface area (Å²) in [5.41, 5.74) is -0.445. The summed E-state index contributed by atoms with van der Waals surface area (Å²) in [4.78, 5) is 0. The highest BCUT2D eigenvalue weighted by atomic mass is 35.5. The van der Waals surface area contributed by atoms with E-state index in [1.54, 1.807) is 18.3 Å². The summed E-state index contributed by atoms with van der Waals surface area (Å²) in [6, 6.07) is 3.23. The number of hydrogen-bond acceptors (Lipinski definition) is 2. The predicted molar refractivity (Wildman–Crippen MR) is 73.0 cm³/mol. The zero-order chi connectivity index (χ0) is 14.5. The van der Waals surface area contributed by atoms with Gasteiger partial charge in [-0.2, -0.15) is 5.10 Å². The molecule has 1 aliphatic carbocycles. The number of halogens is 3. The van der Waals surface area contributed by atoms with Crippen molar-refractivity contribution in [3.8, 4) is 0 Å². The molecule has 0 radical (unpaired) electrons. The Labute approximate surface area is 119 Å². The largest absolute Gasteiger partial charge is 0.388 e. The van der Waals surface area contributed by atoms with E-state index in [1.165, 1.54) is 0 Å². The maximum atomic E-state index is 14.0. The number of fused-ring (bicyclic) bond motifs is 1. The van der Waals surface area contributed by atoms with Gasteiger partial charge in [0.2, 0.25) is 0 Å². The number of aromatic nitrogens is 2. The standard InChI is InChI=1S/C14H15ClF2N2O/c1-13(16,17)14(3-2-4-14)12(20)10-6-9(15)5-8-7-18-19-11(8)10/h5-7,12,20H,2-4H2,1H3,(H,18,19). The first-order valence-corrected chi connectivity index (χ1v) is 6.91. The molecular weight excluding hydrogens is 286 g/mol. The van der Waals surface area contributed by atoms with Crippen LogP contribution in [0.25, 0.3) is 10.9 Å². The van der Waals surface area contributed by atoms with Gasteiger partial charge in [0.05, 0.1) is 23.2 Å². The average Bonchev–Trinajstić information content (AvgIpc) is 2.71. The number of aliphatic hydroxyl groups is 1. The number of aliphatic hydroxyl groups excluding tert-OH is 1. The number of H-pyrrole nitrogens is 1. The monoisotopic (exact) mass is 300 g/mol. The number of nitrogens with one attached hydrogen (secondary N) is 1. The number of alkyl halides is 2. The van der Waals surface area contributed by atoms with Crippen LogP contribution in [0, 0.1) is 5.41 Å². The molecule has 1 heterocycles. The molecule has 1 aromatic carbocycles. The number of hydrogen-bond donors (Lipinski definition) is 2. The van der Waals surface area contributed by atoms with E-state index < -0.39 is 17.4 Å². The van der Waals surface area contributed by atoms with Gasteiger partial charge in [0.1, 0.15) is 0 Å². The van der Waals surface area contributed by atoms with E-state index in [1.807, 2.05) is 0 Å². The molecule has 0 amide bonds. The lowest BCUT2D eigenvalue weighted by atomic mass is 9.60. The van der Waals surface area contributed by atoms with Crippen LogP contribution >= 0.6 is 11.6 Å². The molecule has 1 unspecified atom stereocenters. The van der Waals surface area contributed by atoms with Crippen LogP contribution in [-0.4, -0.2) is 21.2 Å². The lowest BCUT2D eigenvalue weighted by Gasteiger charge is -2.49. The van der Waals surface area contributed by atoms with Gasteiger partial charge in [-0.3, -0.25) is 5.10 Å². The Bertz CT molecular complexity index is 646. The highest BCUT2D eigenvalue weighted by molar-refractivity contribution is 6.31. The molecule has 1 atom stereocenters. The first kappa shape index (κ1) is 13.8. The van der Waals surface area contributed by atoms with Crippen molar-refractivity contribution >= 4 is 22.5 Å². The Hall–Kier alpha value is -1.20. The van der Waals surface area contributed by atoms with Gasteiger partial charge < -0.3 is 5.11 Å². The van der Waals surface area contributed by atoms with E-state index in [9.17, 15) is 13.9 Å². The molecule has 2 aromatic rings. The molecular formula is C14H15ClF2N2O. The van der Waals surface area contributed by atoms with Crippen LogP contribution in [0.5, 0.6) is 0 Å². The summed E-state index contributed by atoms with van der Waals surface area (Å²) >= 11 is 6.01. The maximum absolute atomic E-state index is 14.0. The smallest absolute Gasteiger partial charge is 0.253 e. The fourth-order valence-corrected chi connectivity index (χ4v) is 3.31. The molecule has 108 valence electrons. The molecule has 3 rings (SSSR count). The molecule has 1 saturated carbocycles. The minimum Gasteiger partial charge on any atom is -0.388 e. The van der Waals surface area contributed by atoms with Crippen LogP contribution in [0.15, 0.2) is 18.3 Å². The fraction of sp³-hybridized carbons (Fsp3) is 0.500. The van der Waals surface area contributed by atoms with Crippen molar-refractivity contribution < 1.29 is 13.9 Å². The van der Waals surface area contributed by atoms with Gasteiger partial charge in [-0.15, -0.1) is 0 Å². The van der Waals surface area contributed by atoms with Gasteiger partial charge in [0.25, 0.3) is 5.92 Å². The van der Waals surface area contributed by atoms with Crippen molar-refractivity contribution in [2.75, 3.05) is 0 Å². The van der Waals surface area contributed by atoms with Crippen LogP contribution < -0.4 is 0 Å². The number of nitrogens with zero attached hydrogens (tertiary/aromatic N) is 1. The van der Waals surface area contributed by atoms with E-state index in [0.717, 1.165) is 6.92 Å². The van der Waals surface area contributed by atoms with E-state index in [-0.39, 0.29) is 0 Å². The van der Waals surface area contributed by atoms with Crippen LogP contribution in [0.3, 0.4) is 0 Å². The molecule has 20 heavy (non-hydrogen) atoms. The summed E-state index contributed by atoms with van der Waals surface area (Å²) in [6.45, 7) is 0.879. The van der Waals surface area contributed by atoms with Gasteiger partial charge in [-0.25, -0.2) is 8.78 Å². The summed E-state index contributed by atoms with van der Waals surface area (Å²) in [5, 5.41) is 18.3. The van der Waals surface area contributed by atoms with Crippen LogP contribution in [0.4, 0.5) is 8.78 Å². The average molecular weight is 301 g/mol. The molecule has 6 heteroatoms. The number of aromatic amines is 1. The Morgan fingerprint density at radius 3 is 2.70 bits per heavy atom. The molecule has 2 N–H and O–H groups in total. The molecule has 1 aliphatic rings. The van der Waals surface area contributed by atoms with Crippen LogP contribution in [-0.2, 0) is 0 Å². The van der Waals surface area contributed by atoms with Crippen molar-refractivity contribution in [2.24, 2.45) is 5.41 Å². The highest BCUT2D eigenvalue weighted by Gasteiger charge is 2.59. The first-order valence-electron chi connectivity index (χ1n) is 6.53. The molecule has 0 spiro atoms. The minimum absolute atomic E-state index is 0.305. The van der Waals surface area contributed by atoms with E-state index in [2.05, 4.69) is 10.2 Å². The lowest BCUT2D eigenvalue weighted by molar-refractivity contribution is -0.202. The normalized spacial score (nSPS) is 19.9. The third-order valence-electron chi connectivity index (χ3n) is 4.48. The Kier molecular flexibility index (Phi) is 3.03. The Morgan fingerprint density at radius 2 is 2.15 bits per heavy atom. The maximum Gasteiger partial charge on any atom is 0.253 e. The Balaban J connectivity index is 2.13. The van der Waals surface area contributed by atoms with Crippen LogP contribution in [0.2, 0.25) is 5.02 Å². The molecule has 0 saturated heterocycles. The highest BCUT2D eigenvalue weighted by Crippen LogP contribution is 2.59. The van der Waals surface area contributed by atoms with Crippen molar-refractivity contribution in [1.29, 1.82) is 0 Å². The zero-order valence-electron chi connectivity index (χ0n) is 11.0. The summed E-state index contributed by atoms with van der Waals surface area (Å²) in [5.74, 6) is -2.95. The topological polar surface area (TPSA) is 48.9 Å².